The maximum atomic E-state index is 10.8. The number of benzene rings is 1. The largest absolute Gasteiger partial charge is 0.383 e. The van der Waals surface area contributed by atoms with Gasteiger partial charge in [0.15, 0.2) is 0 Å². The van der Waals surface area contributed by atoms with Crippen molar-refractivity contribution in [2.45, 2.75) is 6.92 Å². The fourth-order valence-corrected chi connectivity index (χ4v) is 2.92. The molecule has 0 saturated heterocycles. The maximum absolute atomic E-state index is 10.8. The standard InChI is InChI=1S/C14H12N4O2S/c1-9-13(11-7-8-12(21-11)18(19)20)16-17(14(9)15)10-5-3-2-4-6-10/h2-8H,15H2,1H3. The van der Waals surface area contributed by atoms with Gasteiger partial charge >= 0.3 is 5.00 Å². The van der Waals surface area contributed by atoms with Crippen LogP contribution < -0.4 is 5.73 Å². The lowest BCUT2D eigenvalue weighted by atomic mass is 10.2. The first-order valence-electron chi connectivity index (χ1n) is 6.23. The molecule has 0 amide bonds. The zero-order valence-electron chi connectivity index (χ0n) is 11.2. The number of hydrogen-bond donors (Lipinski definition) is 1. The van der Waals surface area contributed by atoms with E-state index in [0.717, 1.165) is 27.5 Å². The Labute approximate surface area is 124 Å². The van der Waals surface area contributed by atoms with Gasteiger partial charge in [0.2, 0.25) is 0 Å². The molecular formula is C14H12N4O2S. The molecule has 7 heteroatoms. The smallest absolute Gasteiger partial charge is 0.324 e. The minimum absolute atomic E-state index is 0.0947. The van der Waals surface area contributed by atoms with Crippen LogP contribution in [0.2, 0.25) is 0 Å². The third-order valence-corrected chi connectivity index (χ3v) is 4.22. The highest BCUT2D eigenvalue weighted by atomic mass is 32.1. The highest BCUT2D eigenvalue weighted by Crippen LogP contribution is 2.35. The van der Waals surface area contributed by atoms with Crippen LogP contribution >= 0.6 is 11.3 Å². The van der Waals surface area contributed by atoms with E-state index in [2.05, 4.69) is 5.10 Å². The van der Waals surface area contributed by atoms with E-state index in [1.165, 1.54) is 6.07 Å². The van der Waals surface area contributed by atoms with Gasteiger partial charge in [0.25, 0.3) is 0 Å². The number of para-hydroxylation sites is 1. The summed E-state index contributed by atoms with van der Waals surface area (Å²) in [5.74, 6) is 0.534. The summed E-state index contributed by atoms with van der Waals surface area (Å²) in [5.41, 5.74) is 8.46. The van der Waals surface area contributed by atoms with E-state index < -0.39 is 4.92 Å². The number of anilines is 1. The highest BCUT2D eigenvalue weighted by molar-refractivity contribution is 7.18. The molecule has 2 aromatic heterocycles. The Morgan fingerprint density at radius 2 is 1.95 bits per heavy atom. The zero-order chi connectivity index (χ0) is 15.0. The van der Waals surface area contributed by atoms with Crippen LogP contribution in [-0.2, 0) is 0 Å². The van der Waals surface area contributed by atoms with Crippen molar-refractivity contribution >= 4 is 22.2 Å². The van der Waals surface area contributed by atoms with Gasteiger partial charge in [0.05, 0.1) is 15.5 Å². The fourth-order valence-electron chi connectivity index (χ4n) is 2.06. The minimum atomic E-state index is -0.402. The average molecular weight is 300 g/mol. The van der Waals surface area contributed by atoms with Gasteiger partial charge < -0.3 is 5.73 Å². The summed E-state index contributed by atoms with van der Waals surface area (Å²) in [6.07, 6.45) is 0. The van der Waals surface area contributed by atoms with Crippen molar-refractivity contribution in [2.24, 2.45) is 0 Å². The quantitative estimate of drug-likeness (QED) is 0.593. The topological polar surface area (TPSA) is 87.0 Å². The van der Waals surface area contributed by atoms with E-state index in [0.29, 0.717) is 11.5 Å². The number of rotatable bonds is 3. The second kappa shape index (κ2) is 5.02. The molecule has 0 saturated carbocycles. The van der Waals surface area contributed by atoms with E-state index in [9.17, 15) is 10.1 Å². The van der Waals surface area contributed by atoms with E-state index in [4.69, 9.17) is 5.73 Å². The Bertz CT molecular complexity index is 808. The lowest BCUT2D eigenvalue weighted by Gasteiger charge is -2.02. The predicted molar refractivity (Wildman–Crippen MR) is 82.7 cm³/mol. The molecule has 21 heavy (non-hydrogen) atoms. The molecule has 3 rings (SSSR count). The van der Waals surface area contributed by atoms with Crippen molar-refractivity contribution < 1.29 is 4.92 Å². The number of nitrogens with zero attached hydrogens (tertiary/aromatic N) is 3. The van der Waals surface area contributed by atoms with Crippen LogP contribution in [0.3, 0.4) is 0 Å². The van der Waals surface area contributed by atoms with Gasteiger partial charge in [-0.2, -0.15) is 5.10 Å². The van der Waals surface area contributed by atoms with Crippen LogP contribution in [0, 0.1) is 17.0 Å². The van der Waals surface area contributed by atoms with Crippen molar-refractivity contribution in [3.05, 3.63) is 58.1 Å². The number of nitro groups is 1. The van der Waals surface area contributed by atoms with Crippen LogP contribution in [0.5, 0.6) is 0 Å². The van der Waals surface area contributed by atoms with E-state index >= 15 is 0 Å². The monoisotopic (exact) mass is 300 g/mol. The van der Waals surface area contributed by atoms with Crippen LogP contribution in [0.15, 0.2) is 42.5 Å². The number of hydrogen-bond acceptors (Lipinski definition) is 5. The Morgan fingerprint density at radius 3 is 2.57 bits per heavy atom. The van der Waals surface area contributed by atoms with E-state index in [1.807, 2.05) is 37.3 Å². The number of thiophene rings is 1. The second-order valence-electron chi connectivity index (χ2n) is 4.50. The summed E-state index contributed by atoms with van der Waals surface area (Å²) < 4.78 is 1.65. The molecule has 0 aliphatic heterocycles. The molecule has 2 heterocycles. The Morgan fingerprint density at radius 1 is 1.24 bits per heavy atom. The number of nitrogen functional groups attached to an aromatic ring is 1. The van der Waals surface area contributed by atoms with E-state index in [1.54, 1.807) is 10.7 Å². The average Bonchev–Trinajstić information content (AvgIpc) is 3.07. The van der Waals surface area contributed by atoms with Gasteiger partial charge in [0, 0.05) is 11.6 Å². The molecule has 3 aromatic rings. The molecule has 1 aromatic carbocycles. The van der Waals surface area contributed by atoms with Crippen molar-refractivity contribution in [1.82, 2.24) is 9.78 Å². The van der Waals surface area contributed by atoms with Gasteiger partial charge in [-0.1, -0.05) is 29.5 Å². The summed E-state index contributed by atoms with van der Waals surface area (Å²) in [5, 5.41) is 15.4. The van der Waals surface area contributed by atoms with Gasteiger partial charge in [-0.25, -0.2) is 4.68 Å². The van der Waals surface area contributed by atoms with Gasteiger partial charge in [-0.05, 0) is 25.1 Å². The zero-order valence-corrected chi connectivity index (χ0v) is 12.0. The van der Waals surface area contributed by atoms with Gasteiger partial charge in [-0.3, -0.25) is 10.1 Å². The van der Waals surface area contributed by atoms with Crippen LogP contribution in [0.25, 0.3) is 16.3 Å². The van der Waals surface area contributed by atoms with E-state index in [-0.39, 0.29) is 5.00 Å². The second-order valence-corrected chi connectivity index (χ2v) is 5.56. The molecule has 0 radical (unpaired) electrons. The van der Waals surface area contributed by atoms with Crippen LogP contribution in [0.1, 0.15) is 5.56 Å². The third-order valence-electron chi connectivity index (χ3n) is 3.17. The van der Waals surface area contributed by atoms with Crippen LogP contribution in [0.4, 0.5) is 10.8 Å². The Hall–Kier alpha value is -2.67. The molecule has 0 atom stereocenters. The van der Waals surface area contributed by atoms with Crippen molar-refractivity contribution in [3.63, 3.8) is 0 Å². The summed E-state index contributed by atoms with van der Waals surface area (Å²) >= 11 is 1.10. The molecule has 0 fully saturated rings. The predicted octanol–water partition coefficient (Wildman–Crippen LogP) is 3.40. The first kappa shape index (κ1) is 13.3. The molecule has 6 nitrogen and oxygen atoms in total. The molecule has 0 unspecified atom stereocenters. The third kappa shape index (κ3) is 2.27. The summed E-state index contributed by atoms with van der Waals surface area (Å²) in [7, 11) is 0. The Kier molecular flexibility index (Phi) is 3.19. The molecular weight excluding hydrogens is 288 g/mol. The molecule has 0 aliphatic rings. The summed E-state index contributed by atoms with van der Waals surface area (Å²) in [4.78, 5) is 11.1. The Balaban J connectivity index is 2.10. The normalized spacial score (nSPS) is 10.7. The molecule has 0 aliphatic carbocycles. The first-order valence-corrected chi connectivity index (χ1v) is 7.04. The fraction of sp³-hybridized carbons (Fsp3) is 0.0714. The summed E-state index contributed by atoms with van der Waals surface area (Å²) in [6.45, 7) is 1.86. The number of aromatic nitrogens is 2. The van der Waals surface area contributed by atoms with Gasteiger partial charge in [0.1, 0.15) is 11.5 Å². The SMILES string of the molecule is Cc1c(-c2ccc([N+](=O)[O-])s2)nn(-c2ccccc2)c1N. The number of nitrogens with two attached hydrogens (primary N) is 1. The molecule has 0 spiro atoms. The van der Waals surface area contributed by atoms with Gasteiger partial charge in [-0.15, -0.1) is 0 Å². The maximum Gasteiger partial charge on any atom is 0.324 e. The molecule has 106 valence electrons. The first-order chi connectivity index (χ1) is 10.1. The van der Waals surface area contributed by atoms with Crippen molar-refractivity contribution in [2.75, 3.05) is 5.73 Å². The van der Waals surface area contributed by atoms with Crippen LogP contribution in [-0.4, -0.2) is 14.7 Å². The minimum Gasteiger partial charge on any atom is -0.383 e. The summed E-state index contributed by atoms with van der Waals surface area (Å²) in [6, 6.07) is 12.7. The highest BCUT2D eigenvalue weighted by Gasteiger charge is 2.18. The molecule has 0 bridgehead atoms. The lowest BCUT2D eigenvalue weighted by molar-refractivity contribution is -0.380. The molecule has 2 N–H and O–H groups in total. The van der Waals surface area contributed by atoms with Crippen molar-refractivity contribution in [3.8, 4) is 16.3 Å². The lowest BCUT2D eigenvalue weighted by Crippen LogP contribution is -2.01. The van der Waals surface area contributed by atoms with Crippen molar-refractivity contribution in [1.29, 1.82) is 0 Å².